The highest BCUT2D eigenvalue weighted by atomic mass is 16.5. The van der Waals surface area contributed by atoms with E-state index in [2.05, 4.69) is 30.2 Å². The van der Waals surface area contributed by atoms with Crippen LogP contribution in [0.4, 0.5) is 17.5 Å². The SMILES string of the molecule is NC(=O)c1ccc(-c2cnc(Nc3cnc(N4CCOCC4)nc3)c3nccn23)cc1. The predicted octanol–water partition coefficient (Wildman–Crippen LogP) is 1.87. The summed E-state index contributed by atoms with van der Waals surface area (Å²) in [7, 11) is 0. The molecule has 4 aromatic rings. The molecule has 0 atom stereocenters. The molecule has 31 heavy (non-hydrogen) atoms. The van der Waals surface area contributed by atoms with Crippen molar-refractivity contribution in [2.45, 2.75) is 0 Å². The number of imidazole rings is 1. The number of rotatable bonds is 5. The van der Waals surface area contributed by atoms with Crippen molar-refractivity contribution in [2.24, 2.45) is 5.73 Å². The number of hydrogen-bond acceptors (Lipinski definition) is 8. The molecule has 0 bridgehead atoms. The van der Waals surface area contributed by atoms with Gasteiger partial charge in [-0.1, -0.05) is 12.1 Å². The minimum Gasteiger partial charge on any atom is -0.378 e. The Balaban J connectivity index is 1.40. The highest BCUT2D eigenvalue weighted by molar-refractivity contribution is 5.93. The fraction of sp³-hybridized carbons (Fsp3) is 0.190. The number of carbonyl (C=O) groups excluding carboxylic acids is 1. The first-order chi connectivity index (χ1) is 15.2. The van der Waals surface area contributed by atoms with Crippen LogP contribution in [0.1, 0.15) is 10.4 Å². The van der Waals surface area contributed by atoms with Crippen molar-refractivity contribution in [1.29, 1.82) is 0 Å². The van der Waals surface area contributed by atoms with E-state index in [1.54, 1.807) is 36.9 Å². The maximum absolute atomic E-state index is 11.3. The molecule has 1 saturated heterocycles. The predicted molar refractivity (Wildman–Crippen MR) is 115 cm³/mol. The lowest BCUT2D eigenvalue weighted by Crippen LogP contribution is -2.37. The van der Waals surface area contributed by atoms with Crippen LogP contribution >= 0.6 is 0 Å². The van der Waals surface area contributed by atoms with Gasteiger partial charge in [0.2, 0.25) is 11.9 Å². The molecule has 0 aliphatic carbocycles. The highest BCUT2D eigenvalue weighted by Crippen LogP contribution is 2.25. The molecule has 3 aromatic heterocycles. The molecule has 10 heteroatoms. The molecule has 0 radical (unpaired) electrons. The van der Waals surface area contributed by atoms with Gasteiger partial charge in [0.25, 0.3) is 0 Å². The number of morpholine rings is 1. The van der Waals surface area contributed by atoms with Crippen molar-refractivity contribution >= 4 is 29.0 Å². The van der Waals surface area contributed by atoms with Crippen LogP contribution in [0.2, 0.25) is 0 Å². The first-order valence-corrected chi connectivity index (χ1v) is 9.83. The molecule has 1 aliphatic heterocycles. The van der Waals surface area contributed by atoms with E-state index in [1.165, 1.54) is 0 Å². The van der Waals surface area contributed by atoms with Crippen molar-refractivity contribution in [1.82, 2.24) is 24.3 Å². The van der Waals surface area contributed by atoms with E-state index in [1.807, 2.05) is 22.7 Å². The Labute approximate surface area is 177 Å². The Morgan fingerprint density at radius 2 is 1.74 bits per heavy atom. The number of nitrogens with one attached hydrogen (secondary N) is 1. The molecular weight excluding hydrogens is 396 g/mol. The van der Waals surface area contributed by atoms with Crippen molar-refractivity contribution in [3.05, 3.63) is 60.8 Å². The van der Waals surface area contributed by atoms with Crippen LogP contribution in [-0.2, 0) is 4.74 Å². The molecule has 3 N–H and O–H groups in total. The van der Waals surface area contributed by atoms with Crippen LogP contribution in [0.3, 0.4) is 0 Å². The first kappa shape index (κ1) is 18.9. The number of fused-ring (bicyclic) bond motifs is 1. The number of amides is 1. The second-order valence-corrected chi connectivity index (χ2v) is 7.05. The largest absolute Gasteiger partial charge is 0.378 e. The standard InChI is InChI=1S/C21H20N8O2/c22-18(30)15-3-1-14(2-4-15)17-13-24-19(20-23-5-6-29(17)20)27-16-11-25-21(26-12-16)28-7-9-31-10-8-28/h1-6,11-13H,7-10H2,(H2,22,30)(H,24,27). The quantitative estimate of drug-likeness (QED) is 0.505. The summed E-state index contributed by atoms with van der Waals surface area (Å²) in [6, 6.07) is 7.06. The van der Waals surface area contributed by atoms with Gasteiger partial charge in [-0.05, 0) is 12.1 Å². The van der Waals surface area contributed by atoms with E-state index in [4.69, 9.17) is 10.5 Å². The minimum absolute atomic E-state index is 0.456. The van der Waals surface area contributed by atoms with Gasteiger partial charge in [-0.3, -0.25) is 9.20 Å². The zero-order valence-electron chi connectivity index (χ0n) is 16.6. The lowest BCUT2D eigenvalue weighted by Gasteiger charge is -2.26. The Hall–Kier alpha value is -4.05. The third-order valence-electron chi connectivity index (χ3n) is 5.09. The number of carbonyl (C=O) groups is 1. The van der Waals surface area contributed by atoms with Crippen LogP contribution in [0, 0.1) is 0 Å². The number of nitrogens with zero attached hydrogens (tertiary/aromatic N) is 6. The van der Waals surface area contributed by atoms with E-state index >= 15 is 0 Å². The first-order valence-electron chi connectivity index (χ1n) is 9.83. The number of primary amides is 1. The number of benzene rings is 1. The van der Waals surface area contributed by atoms with E-state index in [9.17, 15) is 4.79 Å². The normalized spacial score (nSPS) is 14.0. The van der Waals surface area contributed by atoms with Gasteiger partial charge in [-0.2, -0.15) is 0 Å². The molecule has 0 saturated carbocycles. The maximum atomic E-state index is 11.3. The number of anilines is 3. The Morgan fingerprint density at radius 1 is 1.00 bits per heavy atom. The van der Waals surface area contributed by atoms with Gasteiger partial charge in [-0.15, -0.1) is 0 Å². The maximum Gasteiger partial charge on any atom is 0.248 e. The van der Waals surface area contributed by atoms with Crippen LogP contribution in [-0.4, -0.2) is 56.5 Å². The molecule has 4 heterocycles. The third-order valence-corrected chi connectivity index (χ3v) is 5.09. The molecule has 156 valence electrons. The number of nitrogens with two attached hydrogens (primary N) is 1. The monoisotopic (exact) mass is 416 g/mol. The summed E-state index contributed by atoms with van der Waals surface area (Å²) >= 11 is 0. The van der Waals surface area contributed by atoms with E-state index < -0.39 is 5.91 Å². The lowest BCUT2D eigenvalue weighted by atomic mass is 10.1. The van der Waals surface area contributed by atoms with E-state index in [0.717, 1.165) is 24.3 Å². The average Bonchev–Trinajstić information content (AvgIpc) is 3.31. The van der Waals surface area contributed by atoms with Crippen molar-refractivity contribution in [2.75, 3.05) is 36.5 Å². The van der Waals surface area contributed by atoms with Crippen molar-refractivity contribution < 1.29 is 9.53 Å². The van der Waals surface area contributed by atoms with Crippen LogP contribution in [0.15, 0.2) is 55.2 Å². The summed E-state index contributed by atoms with van der Waals surface area (Å²) in [6.45, 7) is 2.93. The molecule has 1 aromatic carbocycles. The Morgan fingerprint density at radius 3 is 2.45 bits per heavy atom. The zero-order valence-corrected chi connectivity index (χ0v) is 16.6. The molecule has 10 nitrogen and oxygen atoms in total. The van der Waals surface area contributed by atoms with Crippen molar-refractivity contribution in [3.8, 4) is 11.3 Å². The lowest BCUT2D eigenvalue weighted by molar-refractivity contribution is 0.100. The zero-order chi connectivity index (χ0) is 21.2. The van der Waals surface area contributed by atoms with Crippen LogP contribution in [0.5, 0.6) is 0 Å². The van der Waals surface area contributed by atoms with Gasteiger partial charge in [0.1, 0.15) is 0 Å². The molecule has 0 unspecified atom stereocenters. The Kier molecular flexibility index (Phi) is 4.89. The second-order valence-electron chi connectivity index (χ2n) is 7.05. The summed E-state index contributed by atoms with van der Waals surface area (Å²) < 4.78 is 7.30. The summed E-state index contributed by atoms with van der Waals surface area (Å²) in [4.78, 5) is 31.3. The number of aromatic nitrogens is 5. The molecular formula is C21H20N8O2. The summed E-state index contributed by atoms with van der Waals surface area (Å²) in [6.07, 6.45) is 8.78. The summed E-state index contributed by atoms with van der Waals surface area (Å²) in [5.41, 5.74) is 8.90. The molecule has 1 amide bonds. The average molecular weight is 416 g/mol. The highest BCUT2D eigenvalue weighted by Gasteiger charge is 2.15. The topological polar surface area (TPSA) is 124 Å². The molecule has 1 fully saturated rings. The van der Waals surface area contributed by atoms with Crippen LogP contribution < -0.4 is 16.0 Å². The smallest absolute Gasteiger partial charge is 0.248 e. The van der Waals surface area contributed by atoms with Gasteiger partial charge in [0, 0.05) is 36.6 Å². The summed E-state index contributed by atoms with van der Waals surface area (Å²) in [5, 5.41) is 3.24. The van der Waals surface area contributed by atoms with Crippen LogP contribution in [0.25, 0.3) is 16.9 Å². The van der Waals surface area contributed by atoms with Gasteiger partial charge >= 0.3 is 0 Å². The molecule has 5 rings (SSSR count). The fourth-order valence-corrected chi connectivity index (χ4v) is 3.47. The Bertz CT molecular complexity index is 1210. The fourth-order valence-electron chi connectivity index (χ4n) is 3.47. The molecule has 1 aliphatic rings. The second kappa shape index (κ2) is 8.00. The minimum atomic E-state index is -0.459. The van der Waals surface area contributed by atoms with E-state index in [0.29, 0.717) is 41.9 Å². The molecule has 0 spiro atoms. The van der Waals surface area contributed by atoms with Gasteiger partial charge in [0.15, 0.2) is 11.5 Å². The third kappa shape index (κ3) is 3.76. The van der Waals surface area contributed by atoms with E-state index in [-0.39, 0.29) is 0 Å². The number of hydrogen-bond donors (Lipinski definition) is 2. The van der Waals surface area contributed by atoms with Gasteiger partial charge in [0.05, 0.1) is 43.2 Å². The summed E-state index contributed by atoms with van der Waals surface area (Å²) in [5.74, 6) is 0.812. The van der Waals surface area contributed by atoms with Gasteiger partial charge in [-0.25, -0.2) is 19.9 Å². The van der Waals surface area contributed by atoms with Crippen molar-refractivity contribution in [3.63, 3.8) is 0 Å². The number of ether oxygens (including phenoxy) is 1. The van der Waals surface area contributed by atoms with Gasteiger partial charge < -0.3 is 20.7 Å².